The molecule has 0 unspecified atom stereocenters. The third kappa shape index (κ3) is 4.92. The summed E-state index contributed by atoms with van der Waals surface area (Å²) >= 11 is 6.01. The molecular formula is C16H15ClN6O2. The molecule has 0 spiro atoms. The van der Waals surface area contributed by atoms with Crippen molar-refractivity contribution in [3.63, 3.8) is 0 Å². The average molecular weight is 359 g/mol. The summed E-state index contributed by atoms with van der Waals surface area (Å²) in [5.74, 6) is 0.850. The highest BCUT2D eigenvalue weighted by molar-refractivity contribution is 6.31. The van der Waals surface area contributed by atoms with Gasteiger partial charge in [-0.15, -0.1) is 0 Å². The maximum atomic E-state index is 12.1. The van der Waals surface area contributed by atoms with Crippen molar-refractivity contribution in [3.8, 4) is 5.75 Å². The van der Waals surface area contributed by atoms with Gasteiger partial charge in [-0.25, -0.2) is 14.8 Å². The van der Waals surface area contributed by atoms with Crippen molar-refractivity contribution in [1.82, 2.24) is 19.5 Å². The number of nitrogens with one attached hydrogen (secondary N) is 2. The molecule has 3 rings (SSSR count). The molecule has 2 amide bonds. The first-order chi connectivity index (χ1) is 12.2. The van der Waals surface area contributed by atoms with Crippen molar-refractivity contribution < 1.29 is 9.53 Å². The molecule has 2 heterocycles. The van der Waals surface area contributed by atoms with Gasteiger partial charge in [-0.05, 0) is 18.2 Å². The van der Waals surface area contributed by atoms with E-state index in [0.717, 1.165) is 0 Å². The second-order valence-electron chi connectivity index (χ2n) is 4.96. The van der Waals surface area contributed by atoms with Crippen LogP contribution in [0, 0.1) is 0 Å². The zero-order valence-electron chi connectivity index (χ0n) is 13.1. The van der Waals surface area contributed by atoms with Crippen LogP contribution < -0.4 is 15.4 Å². The van der Waals surface area contributed by atoms with E-state index in [2.05, 4.69) is 25.6 Å². The van der Waals surface area contributed by atoms with Gasteiger partial charge in [0.2, 0.25) is 0 Å². The first-order valence-corrected chi connectivity index (χ1v) is 7.80. The van der Waals surface area contributed by atoms with Crippen LogP contribution in [-0.2, 0) is 6.54 Å². The number of nitrogens with zero attached hydrogens (tertiary/aromatic N) is 4. The normalized spacial score (nSPS) is 10.3. The number of carbonyl (C=O) groups excluding carboxylic acids is 1. The zero-order chi connectivity index (χ0) is 17.5. The highest BCUT2D eigenvalue weighted by Gasteiger charge is 2.10. The smallest absolute Gasteiger partial charge is 0.325 e. The molecule has 2 aromatic heterocycles. The molecule has 9 heteroatoms. The van der Waals surface area contributed by atoms with E-state index in [1.54, 1.807) is 30.7 Å². The lowest BCUT2D eigenvalue weighted by Gasteiger charge is -2.13. The lowest BCUT2D eigenvalue weighted by Crippen LogP contribution is -2.21. The van der Waals surface area contributed by atoms with E-state index >= 15 is 0 Å². The molecule has 0 aliphatic heterocycles. The number of hydrogen-bond donors (Lipinski definition) is 2. The number of aromatic nitrogens is 4. The molecule has 3 aromatic rings. The van der Waals surface area contributed by atoms with Crippen molar-refractivity contribution in [2.75, 3.05) is 17.2 Å². The largest absolute Gasteiger partial charge is 0.490 e. The number of ether oxygens (including phenoxy) is 1. The molecule has 8 nitrogen and oxygen atoms in total. The monoisotopic (exact) mass is 358 g/mol. The number of benzene rings is 1. The standard InChI is InChI=1S/C16H15ClN6O2/c17-12-1-2-14(25-8-7-23-6-5-19-11-23)13(9-12)21-16(24)22-15-10-18-3-4-20-15/h1-6,9-11H,7-8H2,(H2,20,21,22,24). The Morgan fingerprint density at radius 3 is 2.88 bits per heavy atom. The van der Waals surface area contributed by atoms with E-state index in [1.807, 2.05) is 10.8 Å². The van der Waals surface area contributed by atoms with Gasteiger partial charge in [0.1, 0.15) is 12.4 Å². The fourth-order valence-electron chi connectivity index (χ4n) is 2.04. The van der Waals surface area contributed by atoms with Crippen molar-refractivity contribution in [2.24, 2.45) is 0 Å². The number of halogens is 1. The second kappa shape index (κ2) is 8.11. The molecule has 0 atom stereocenters. The molecule has 0 aliphatic rings. The van der Waals surface area contributed by atoms with E-state index in [4.69, 9.17) is 16.3 Å². The Morgan fingerprint density at radius 2 is 2.12 bits per heavy atom. The Labute approximate surface area is 148 Å². The highest BCUT2D eigenvalue weighted by Crippen LogP contribution is 2.28. The minimum atomic E-state index is -0.470. The topological polar surface area (TPSA) is 94.0 Å². The molecule has 0 bridgehead atoms. The summed E-state index contributed by atoms with van der Waals surface area (Å²) in [7, 11) is 0. The zero-order valence-corrected chi connectivity index (χ0v) is 13.8. The fourth-order valence-corrected chi connectivity index (χ4v) is 2.21. The lowest BCUT2D eigenvalue weighted by atomic mass is 10.3. The van der Waals surface area contributed by atoms with Crippen molar-refractivity contribution >= 4 is 29.1 Å². The number of rotatable bonds is 6. The molecule has 2 N–H and O–H groups in total. The minimum absolute atomic E-state index is 0.338. The van der Waals surface area contributed by atoms with Gasteiger partial charge in [0.15, 0.2) is 5.82 Å². The summed E-state index contributed by atoms with van der Waals surface area (Å²) in [6, 6.07) is 4.54. The minimum Gasteiger partial charge on any atom is -0.490 e. The van der Waals surface area contributed by atoms with Crippen molar-refractivity contribution in [1.29, 1.82) is 0 Å². The van der Waals surface area contributed by atoms with Crippen LogP contribution in [0.3, 0.4) is 0 Å². The van der Waals surface area contributed by atoms with Gasteiger partial charge >= 0.3 is 6.03 Å². The Bertz CT molecular complexity index is 826. The van der Waals surface area contributed by atoms with E-state index in [0.29, 0.717) is 35.4 Å². The van der Waals surface area contributed by atoms with Gasteiger partial charge in [0.05, 0.1) is 24.8 Å². The molecule has 0 saturated heterocycles. The number of urea groups is 1. The van der Waals surface area contributed by atoms with E-state index in [9.17, 15) is 4.79 Å². The molecule has 0 saturated carbocycles. The maximum absolute atomic E-state index is 12.1. The van der Waals surface area contributed by atoms with Gasteiger partial charge < -0.3 is 14.6 Å². The summed E-state index contributed by atoms with van der Waals surface area (Å²) in [6.07, 6.45) is 9.70. The number of amides is 2. The van der Waals surface area contributed by atoms with Crippen LogP contribution in [0.4, 0.5) is 16.3 Å². The SMILES string of the molecule is O=C(Nc1cnccn1)Nc1cc(Cl)ccc1OCCn1ccnc1. The highest BCUT2D eigenvalue weighted by atomic mass is 35.5. The first kappa shape index (κ1) is 16.7. The Hall–Kier alpha value is -3.13. The van der Waals surface area contributed by atoms with Crippen LogP contribution >= 0.6 is 11.6 Å². The summed E-state index contributed by atoms with van der Waals surface area (Å²) in [5, 5.41) is 5.76. The van der Waals surface area contributed by atoms with E-state index in [1.165, 1.54) is 18.6 Å². The predicted octanol–water partition coefficient (Wildman–Crippen LogP) is 3.05. The van der Waals surface area contributed by atoms with Gasteiger partial charge in [-0.3, -0.25) is 10.3 Å². The molecule has 0 radical (unpaired) electrons. The number of anilines is 2. The van der Waals surface area contributed by atoms with E-state index < -0.39 is 6.03 Å². The maximum Gasteiger partial charge on any atom is 0.325 e. The Morgan fingerprint density at radius 1 is 1.20 bits per heavy atom. The van der Waals surface area contributed by atoms with Gasteiger partial charge in [0, 0.05) is 29.8 Å². The van der Waals surface area contributed by atoms with Gasteiger partial charge in [-0.1, -0.05) is 11.6 Å². The number of hydrogen-bond acceptors (Lipinski definition) is 5. The van der Waals surface area contributed by atoms with Crippen LogP contribution in [0.25, 0.3) is 0 Å². The molecule has 0 aliphatic carbocycles. The number of carbonyl (C=O) groups is 1. The van der Waals surface area contributed by atoms with Crippen LogP contribution in [0.1, 0.15) is 0 Å². The molecule has 0 fully saturated rings. The van der Waals surface area contributed by atoms with Crippen molar-refractivity contribution in [2.45, 2.75) is 6.54 Å². The molecule has 128 valence electrons. The van der Waals surface area contributed by atoms with Gasteiger partial charge in [0.25, 0.3) is 0 Å². The fraction of sp³-hybridized carbons (Fsp3) is 0.125. The van der Waals surface area contributed by atoms with Crippen LogP contribution in [0.2, 0.25) is 5.02 Å². The number of imidazole rings is 1. The second-order valence-corrected chi connectivity index (χ2v) is 5.40. The summed E-state index contributed by atoms with van der Waals surface area (Å²) in [5.41, 5.74) is 0.458. The first-order valence-electron chi connectivity index (χ1n) is 7.43. The quantitative estimate of drug-likeness (QED) is 0.706. The summed E-state index contributed by atoms with van der Waals surface area (Å²) in [6.45, 7) is 1.05. The Kier molecular flexibility index (Phi) is 5.43. The predicted molar refractivity (Wildman–Crippen MR) is 93.8 cm³/mol. The van der Waals surface area contributed by atoms with E-state index in [-0.39, 0.29) is 0 Å². The summed E-state index contributed by atoms with van der Waals surface area (Å²) in [4.78, 5) is 23.9. The third-order valence-electron chi connectivity index (χ3n) is 3.16. The summed E-state index contributed by atoms with van der Waals surface area (Å²) < 4.78 is 7.63. The van der Waals surface area contributed by atoms with Gasteiger partial charge in [-0.2, -0.15) is 0 Å². The molecule has 25 heavy (non-hydrogen) atoms. The van der Waals surface area contributed by atoms with Crippen LogP contribution in [0.15, 0.2) is 55.5 Å². The van der Waals surface area contributed by atoms with Crippen LogP contribution in [0.5, 0.6) is 5.75 Å². The molecular weight excluding hydrogens is 344 g/mol. The van der Waals surface area contributed by atoms with Crippen LogP contribution in [-0.4, -0.2) is 32.2 Å². The third-order valence-corrected chi connectivity index (χ3v) is 3.40. The van der Waals surface area contributed by atoms with Crippen molar-refractivity contribution in [3.05, 3.63) is 60.5 Å². The Balaban J connectivity index is 1.63. The molecule has 1 aromatic carbocycles. The lowest BCUT2D eigenvalue weighted by molar-refractivity contribution is 0.261. The average Bonchev–Trinajstić information content (AvgIpc) is 3.11.